The van der Waals surface area contributed by atoms with E-state index in [1.54, 1.807) is 0 Å². The van der Waals surface area contributed by atoms with Gasteiger partial charge in [0.2, 0.25) is 0 Å². The number of carboxylic acids is 2. The lowest BCUT2D eigenvalue weighted by Gasteiger charge is -2.08. The molecule has 0 saturated heterocycles. The van der Waals surface area contributed by atoms with Crippen molar-refractivity contribution in [2.75, 3.05) is 0 Å². The van der Waals surface area contributed by atoms with Gasteiger partial charge < -0.3 is 10.2 Å². The van der Waals surface area contributed by atoms with Crippen molar-refractivity contribution in [2.45, 2.75) is 0 Å². The molecule has 0 bridgehead atoms. The third-order valence-electron chi connectivity index (χ3n) is 4.97. The van der Waals surface area contributed by atoms with Crippen LogP contribution in [0, 0.1) is 0 Å². The van der Waals surface area contributed by atoms with Crippen molar-refractivity contribution in [3.05, 3.63) is 108 Å². The number of carbonyl (C=O) groups is 2. The Morgan fingerprint density at radius 3 is 1.13 bits per heavy atom. The highest BCUT2D eigenvalue weighted by Gasteiger charge is 2.12. The maximum Gasteiger partial charge on any atom is 0.335 e. The summed E-state index contributed by atoms with van der Waals surface area (Å²) in [5, 5.41) is 18.5. The second kappa shape index (κ2) is 8.05. The van der Waals surface area contributed by atoms with Crippen LogP contribution >= 0.6 is 0 Å². The molecule has 4 aromatic carbocycles. The van der Waals surface area contributed by atoms with Crippen LogP contribution in [0.25, 0.3) is 33.4 Å². The highest BCUT2D eigenvalue weighted by Crippen LogP contribution is 2.28. The summed E-state index contributed by atoms with van der Waals surface area (Å²) < 4.78 is 0. The molecular weight excluding hydrogens is 376 g/mol. The largest absolute Gasteiger partial charge is 0.478 e. The summed E-state index contributed by atoms with van der Waals surface area (Å²) >= 11 is 0. The Kier molecular flexibility index (Phi) is 5.14. The zero-order valence-corrected chi connectivity index (χ0v) is 15.9. The van der Waals surface area contributed by atoms with Crippen molar-refractivity contribution in [3.63, 3.8) is 0 Å². The van der Waals surface area contributed by atoms with E-state index in [4.69, 9.17) is 0 Å². The molecule has 0 heterocycles. The SMILES string of the molecule is O=C(O)c1cc(C(=O)O)cc(-c2ccc(-c3ccc(-c4ccccc4)cc3)cc2)c1. The molecule has 4 aromatic rings. The van der Waals surface area contributed by atoms with Gasteiger partial charge in [-0.1, -0.05) is 78.9 Å². The molecule has 0 aliphatic heterocycles. The van der Waals surface area contributed by atoms with Gasteiger partial charge in [-0.05, 0) is 51.6 Å². The Hall–Kier alpha value is -4.18. The molecule has 0 amide bonds. The highest BCUT2D eigenvalue weighted by molar-refractivity contribution is 5.96. The fourth-order valence-corrected chi connectivity index (χ4v) is 3.38. The first-order valence-electron chi connectivity index (χ1n) is 9.39. The highest BCUT2D eigenvalue weighted by atomic mass is 16.4. The molecule has 4 nitrogen and oxygen atoms in total. The normalized spacial score (nSPS) is 10.5. The summed E-state index contributed by atoms with van der Waals surface area (Å²) in [4.78, 5) is 22.7. The Morgan fingerprint density at radius 2 is 0.767 bits per heavy atom. The number of benzene rings is 4. The Labute approximate surface area is 173 Å². The fourth-order valence-electron chi connectivity index (χ4n) is 3.38. The predicted octanol–water partition coefficient (Wildman–Crippen LogP) is 6.08. The fraction of sp³-hybridized carbons (Fsp3) is 0. The molecular formula is C26H18O4. The molecule has 0 atom stereocenters. The minimum Gasteiger partial charge on any atom is -0.478 e. The van der Waals surface area contributed by atoms with E-state index in [0.29, 0.717) is 5.56 Å². The minimum absolute atomic E-state index is 0.0505. The smallest absolute Gasteiger partial charge is 0.335 e. The maximum atomic E-state index is 11.3. The zero-order chi connectivity index (χ0) is 21.1. The lowest BCUT2D eigenvalue weighted by molar-refractivity contribution is 0.0696. The van der Waals surface area contributed by atoms with Gasteiger partial charge in [0.05, 0.1) is 11.1 Å². The summed E-state index contributed by atoms with van der Waals surface area (Å²) in [5.74, 6) is -2.32. The van der Waals surface area contributed by atoms with E-state index in [0.717, 1.165) is 33.9 Å². The molecule has 0 radical (unpaired) electrons. The third-order valence-corrected chi connectivity index (χ3v) is 4.97. The van der Waals surface area contributed by atoms with Crippen LogP contribution in [0.2, 0.25) is 0 Å². The summed E-state index contributed by atoms with van der Waals surface area (Å²) in [6.07, 6.45) is 0. The molecule has 146 valence electrons. The molecule has 0 saturated carbocycles. The van der Waals surface area contributed by atoms with E-state index in [-0.39, 0.29) is 11.1 Å². The molecule has 30 heavy (non-hydrogen) atoms. The Bertz CT molecular complexity index is 1180. The van der Waals surface area contributed by atoms with E-state index in [9.17, 15) is 19.8 Å². The van der Waals surface area contributed by atoms with Gasteiger partial charge in [-0.25, -0.2) is 9.59 Å². The van der Waals surface area contributed by atoms with Crippen LogP contribution in [-0.2, 0) is 0 Å². The molecule has 0 aliphatic carbocycles. The molecule has 4 rings (SSSR count). The van der Waals surface area contributed by atoms with Crippen molar-refractivity contribution < 1.29 is 19.8 Å². The lowest BCUT2D eigenvalue weighted by atomic mass is 9.96. The van der Waals surface area contributed by atoms with Gasteiger partial charge in [0.15, 0.2) is 0 Å². The topological polar surface area (TPSA) is 74.6 Å². The predicted molar refractivity (Wildman–Crippen MR) is 117 cm³/mol. The van der Waals surface area contributed by atoms with Crippen LogP contribution in [0.4, 0.5) is 0 Å². The first kappa shape index (κ1) is 19.2. The van der Waals surface area contributed by atoms with E-state index in [1.807, 2.05) is 42.5 Å². The van der Waals surface area contributed by atoms with Crippen molar-refractivity contribution in [3.8, 4) is 33.4 Å². The zero-order valence-electron chi connectivity index (χ0n) is 15.9. The van der Waals surface area contributed by atoms with Crippen LogP contribution in [0.3, 0.4) is 0 Å². The first-order chi connectivity index (χ1) is 14.5. The average molecular weight is 394 g/mol. The molecule has 0 unspecified atom stereocenters. The van der Waals surface area contributed by atoms with Crippen molar-refractivity contribution in [1.29, 1.82) is 0 Å². The summed E-state index contributed by atoms with van der Waals surface area (Å²) in [6, 6.07) is 30.2. The van der Waals surface area contributed by atoms with Gasteiger partial charge in [-0.3, -0.25) is 0 Å². The monoisotopic (exact) mass is 394 g/mol. The number of hydrogen-bond acceptors (Lipinski definition) is 2. The van der Waals surface area contributed by atoms with Gasteiger partial charge >= 0.3 is 11.9 Å². The van der Waals surface area contributed by atoms with Crippen molar-refractivity contribution in [1.82, 2.24) is 0 Å². The van der Waals surface area contributed by atoms with Crippen LogP contribution in [0.15, 0.2) is 97.1 Å². The molecule has 4 heteroatoms. The standard InChI is InChI=1S/C26H18O4/c27-25(28)23-14-22(15-24(16-23)26(29)30)21-12-10-20(11-13-21)19-8-6-18(7-9-19)17-4-2-1-3-5-17/h1-16H,(H,27,28)(H,29,30). The third kappa shape index (κ3) is 3.98. The number of hydrogen-bond donors (Lipinski definition) is 2. The quantitative estimate of drug-likeness (QED) is 0.430. The van der Waals surface area contributed by atoms with Crippen LogP contribution in [0.5, 0.6) is 0 Å². The second-order valence-corrected chi connectivity index (χ2v) is 6.93. The van der Waals surface area contributed by atoms with Gasteiger partial charge in [-0.15, -0.1) is 0 Å². The molecule has 0 aromatic heterocycles. The maximum absolute atomic E-state index is 11.3. The molecule has 0 fully saturated rings. The van der Waals surface area contributed by atoms with E-state index < -0.39 is 11.9 Å². The van der Waals surface area contributed by atoms with E-state index >= 15 is 0 Å². The Morgan fingerprint density at radius 1 is 0.433 bits per heavy atom. The van der Waals surface area contributed by atoms with Crippen molar-refractivity contribution in [2.24, 2.45) is 0 Å². The van der Waals surface area contributed by atoms with Crippen LogP contribution in [0.1, 0.15) is 20.7 Å². The second-order valence-electron chi connectivity index (χ2n) is 6.93. The molecule has 0 aliphatic rings. The van der Waals surface area contributed by atoms with Crippen molar-refractivity contribution >= 4 is 11.9 Å². The van der Waals surface area contributed by atoms with Crippen LogP contribution < -0.4 is 0 Å². The van der Waals surface area contributed by atoms with E-state index in [2.05, 4.69) is 36.4 Å². The average Bonchev–Trinajstić information content (AvgIpc) is 2.79. The van der Waals surface area contributed by atoms with Gasteiger partial charge in [0.1, 0.15) is 0 Å². The first-order valence-corrected chi connectivity index (χ1v) is 9.39. The summed E-state index contributed by atoms with van der Waals surface area (Å²) in [5.41, 5.74) is 5.59. The Balaban J connectivity index is 1.63. The number of carboxylic acid groups (broad SMARTS) is 2. The number of aromatic carboxylic acids is 2. The molecule has 2 N–H and O–H groups in total. The van der Waals surface area contributed by atoms with Gasteiger partial charge in [0.25, 0.3) is 0 Å². The van der Waals surface area contributed by atoms with Gasteiger partial charge in [-0.2, -0.15) is 0 Å². The summed E-state index contributed by atoms with van der Waals surface area (Å²) in [6.45, 7) is 0. The van der Waals surface area contributed by atoms with Gasteiger partial charge in [0, 0.05) is 0 Å². The molecule has 0 spiro atoms. The van der Waals surface area contributed by atoms with Crippen LogP contribution in [-0.4, -0.2) is 22.2 Å². The number of rotatable bonds is 5. The summed E-state index contributed by atoms with van der Waals surface area (Å²) in [7, 11) is 0. The minimum atomic E-state index is -1.16. The lowest BCUT2D eigenvalue weighted by Crippen LogP contribution is -2.03. The van der Waals surface area contributed by atoms with E-state index in [1.165, 1.54) is 12.1 Å².